The van der Waals surface area contributed by atoms with Gasteiger partial charge in [-0.15, -0.1) is 0 Å². The third-order valence-electron chi connectivity index (χ3n) is 3.46. The van der Waals surface area contributed by atoms with Crippen LogP contribution in [0.5, 0.6) is 0 Å². The lowest BCUT2D eigenvalue weighted by atomic mass is 10.1. The summed E-state index contributed by atoms with van der Waals surface area (Å²) in [5.41, 5.74) is 2.20. The molecule has 0 atom stereocenters. The maximum atomic E-state index is 12.3. The van der Waals surface area contributed by atoms with Gasteiger partial charge in [0.15, 0.2) is 0 Å². The quantitative estimate of drug-likeness (QED) is 0.924. The Kier molecular flexibility index (Phi) is 5.56. The Bertz CT molecular complexity index is 827. The highest BCUT2D eigenvalue weighted by atomic mass is 35.5. The maximum absolute atomic E-state index is 12.3. The molecule has 0 saturated carbocycles. The number of benzene rings is 2. The molecule has 0 aliphatic rings. The van der Waals surface area contributed by atoms with Crippen molar-refractivity contribution < 1.29 is 9.59 Å². The lowest BCUT2D eigenvalue weighted by molar-refractivity contribution is -0.120. The van der Waals surface area contributed by atoms with Gasteiger partial charge in [0.1, 0.15) is 12.6 Å². The summed E-state index contributed by atoms with van der Waals surface area (Å²) in [5, 5.41) is 12.5. The van der Waals surface area contributed by atoms with E-state index < -0.39 is 0 Å². The van der Waals surface area contributed by atoms with Gasteiger partial charge in [-0.1, -0.05) is 23.7 Å². The zero-order chi connectivity index (χ0) is 17.7. The maximum Gasteiger partial charge on any atom is 0.244 e. The third kappa shape index (κ3) is 4.12. The van der Waals surface area contributed by atoms with Crippen molar-refractivity contribution in [1.29, 1.82) is 5.26 Å². The first-order valence-corrected chi connectivity index (χ1v) is 7.63. The SMILES string of the molecule is CC(=O)N(CC(=O)Nc1ccc(Cl)cc1C)c1ccccc1C#N. The molecule has 0 aromatic heterocycles. The molecule has 0 saturated heterocycles. The average Bonchev–Trinajstić information content (AvgIpc) is 2.55. The molecule has 2 amide bonds. The Morgan fingerprint density at radius 2 is 1.96 bits per heavy atom. The average molecular weight is 342 g/mol. The van der Waals surface area contributed by atoms with Crippen LogP contribution < -0.4 is 10.2 Å². The van der Waals surface area contributed by atoms with Crippen molar-refractivity contribution in [2.75, 3.05) is 16.8 Å². The number of nitrogens with zero attached hydrogens (tertiary/aromatic N) is 2. The number of carbonyl (C=O) groups excluding carboxylic acids is 2. The van der Waals surface area contributed by atoms with E-state index in [4.69, 9.17) is 11.6 Å². The van der Waals surface area contributed by atoms with Gasteiger partial charge in [0, 0.05) is 17.6 Å². The van der Waals surface area contributed by atoms with Crippen molar-refractivity contribution in [2.45, 2.75) is 13.8 Å². The Morgan fingerprint density at radius 3 is 2.58 bits per heavy atom. The number of amides is 2. The number of anilines is 2. The van der Waals surface area contributed by atoms with E-state index in [0.29, 0.717) is 22.0 Å². The lowest BCUT2D eigenvalue weighted by Gasteiger charge is -2.22. The fourth-order valence-electron chi connectivity index (χ4n) is 2.27. The van der Waals surface area contributed by atoms with Gasteiger partial charge in [-0.05, 0) is 42.8 Å². The third-order valence-corrected chi connectivity index (χ3v) is 3.69. The summed E-state index contributed by atoms with van der Waals surface area (Å²) in [6.07, 6.45) is 0. The van der Waals surface area contributed by atoms with Crippen LogP contribution in [0.3, 0.4) is 0 Å². The van der Waals surface area contributed by atoms with Gasteiger partial charge in [0.25, 0.3) is 0 Å². The van der Waals surface area contributed by atoms with Crippen LogP contribution in [0.2, 0.25) is 5.02 Å². The molecule has 0 heterocycles. The molecule has 5 nitrogen and oxygen atoms in total. The standard InChI is InChI=1S/C18H16ClN3O2/c1-12-9-15(19)7-8-16(12)21-18(24)11-22(13(2)23)17-6-4-3-5-14(17)10-20/h3-9H,11H2,1-2H3,(H,21,24). The molecule has 0 fully saturated rings. The van der Waals surface area contributed by atoms with E-state index in [1.807, 2.05) is 13.0 Å². The highest BCUT2D eigenvalue weighted by molar-refractivity contribution is 6.30. The van der Waals surface area contributed by atoms with Crippen LogP contribution in [0.4, 0.5) is 11.4 Å². The molecule has 0 unspecified atom stereocenters. The summed E-state index contributed by atoms with van der Waals surface area (Å²) in [6.45, 7) is 3.00. The van der Waals surface area contributed by atoms with Crippen LogP contribution >= 0.6 is 11.6 Å². The number of hydrogen-bond acceptors (Lipinski definition) is 3. The van der Waals surface area contributed by atoms with Crippen molar-refractivity contribution in [2.24, 2.45) is 0 Å². The Balaban J connectivity index is 2.20. The van der Waals surface area contributed by atoms with E-state index >= 15 is 0 Å². The van der Waals surface area contributed by atoms with E-state index in [9.17, 15) is 14.9 Å². The second-order valence-electron chi connectivity index (χ2n) is 5.24. The fraction of sp³-hybridized carbons (Fsp3) is 0.167. The zero-order valence-electron chi connectivity index (χ0n) is 13.3. The Morgan fingerprint density at radius 1 is 1.25 bits per heavy atom. The molecular weight excluding hydrogens is 326 g/mol. The number of nitriles is 1. The number of hydrogen-bond donors (Lipinski definition) is 1. The van der Waals surface area contributed by atoms with E-state index in [-0.39, 0.29) is 18.4 Å². The molecular formula is C18H16ClN3O2. The fourth-order valence-corrected chi connectivity index (χ4v) is 2.50. The number of rotatable bonds is 4. The Labute approximate surface area is 145 Å². The number of halogens is 1. The number of aryl methyl sites for hydroxylation is 1. The summed E-state index contributed by atoms with van der Waals surface area (Å²) in [6, 6.07) is 13.8. The molecule has 0 radical (unpaired) electrons. The Hall–Kier alpha value is -2.84. The molecule has 0 aliphatic heterocycles. The van der Waals surface area contributed by atoms with E-state index in [0.717, 1.165) is 5.56 Å². The molecule has 2 aromatic rings. The van der Waals surface area contributed by atoms with Crippen molar-refractivity contribution >= 4 is 34.8 Å². The van der Waals surface area contributed by atoms with Crippen LogP contribution in [0.1, 0.15) is 18.1 Å². The van der Waals surface area contributed by atoms with Gasteiger partial charge in [0.05, 0.1) is 11.3 Å². The van der Waals surface area contributed by atoms with E-state index in [2.05, 4.69) is 5.32 Å². The van der Waals surface area contributed by atoms with Crippen LogP contribution in [0.25, 0.3) is 0 Å². The minimum Gasteiger partial charge on any atom is -0.324 e. The van der Waals surface area contributed by atoms with Crippen molar-refractivity contribution in [1.82, 2.24) is 0 Å². The smallest absolute Gasteiger partial charge is 0.244 e. The number of carbonyl (C=O) groups is 2. The first-order chi connectivity index (χ1) is 11.4. The molecule has 0 aliphatic carbocycles. The normalized spacial score (nSPS) is 9.92. The van der Waals surface area contributed by atoms with Crippen LogP contribution in [-0.4, -0.2) is 18.4 Å². The molecule has 24 heavy (non-hydrogen) atoms. The van der Waals surface area contributed by atoms with Crippen LogP contribution in [0.15, 0.2) is 42.5 Å². The molecule has 2 rings (SSSR count). The van der Waals surface area contributed by atoms with Gasteiger partial charge < -0.3 is 10.2 Å². The molecule has 1 N–H and O–H groups in total. The second-order valence-corrected chi connectivity index (χ2v) is 5.68. The summed E-state index contributed by atoms with van der Waals surface area (Å²) < 4.78 is 0. The minimum absolute atomic E-state index is 0.184. The lowest BCUT2D eigenvalue weighted by Crippen LogP contribution is -2.37. The molecule has 0 spiro atoms. The number of para-hydroxylation sites is 1. The summed E-state index contributed by atoms with van der Waals surface area (Å²) in [5.74, 6) is -0.677. The predicted molar refractivity (Wildman–Crippen MR) is 94.0 cm³/mol. The summed E-state index contributed by atoms with van der Waals surface area (Å²) >= 11 is 5.90. The molecule has 6 heteroatoms. The van der Waals surface area contributed by atoms with Crippen molar-refractivity contribution in [3.63, 3.8) is 0 Å². The zero-order valence-corrected chi connectivity index (χ0v) is 14.1. The first-order valence-electron chi connectivity index (χ1n) is 7.25. The highest BCUT2D eigenvalue weighted by Gasteiger charge is 2.19. The topological polar surface area (TPSA) is 73.2 Å². The largest absolute Gasteiger partial charge is 0.324 e. The first kappa shape index (κ1) is 17.5. The second kappa shape index (κ2) is 7.62. The minimum atomic E-state index is -0.358. The van der Waals surface area contributed by atoms with Gasteiger partial charge in [0.2, 0.25) is 11.8 Å². The van der Waals surface area contributed by atoms with E-state index in [1.165, 1.54) is 11.8 Å². The monoisotopic (exact) mass is 341 g/mol. The summed E-state index contributed by atoms with van der Waals surface area (Å²) in [4.78, 5) is 25.5. The highest BCUT2D eigenvalue weighted by Crippen LogP contribution is 2.21. The molecule has 2 aromatic carbocycles. The van der Waals surface area contributed by atoms with Crippen molar-refractivity contribution in [3.05, 3.63) is 58.6 Å². The van der Waals surface area contributed by atoms with Gasteiger partial charge in [-0.25, -0.2) is 0 Å². The van der Waals surface area contributed by atoms with Gasteiger partial charge in [-0.3, -0.25) is 9.59 Å². The van der Waals surface area contributed by atoms with E-state index in [1.54, 1.807) is 42.5 Å². The predicted octanol–water partition coefficient (Wildman–Crippen LogP) is 3.51. The molecule has 0 bridgehead atoms. The van der Waals surface area contributed by atoms with Gasteiger partial charge in [-0.2, -0.15) is 5.26 Å². The summed E-state index contributed by atoms with van der Waals surface area (Å²) in [7, 11) is 0. The molecule has 122 valence electrons. The van der Waals surface area contributed by atoms with Crippen LogP contribution in [0, 0.1) is 18.3 Å². The number of nitrogens with one attached hydrogen (secondary N) is 1. The van der Waals surface area contributed by atoms with Crippen molar-refractivity contribution in [3.8, 4) is 6.07 Å². The van der Waals surface area contributed by atoms with Gasteiger partial charge >= 0.3 is 0 Å². The van der Waals surface area contributed by atoms with Crippen LogP contribution in [-0.2, 0) is 9.59 Å².